The van der Waals surface area contributed by atoms with Crippen LogP contribution < -0.4 is 10.2 Å². The van der Waals surface area contributed by atoms with Crippen molar-refractivity contribution in [3.05, 3.63) is 42.6 Å². The molecule has 1 amide bonds. The van der Waals surface area contributed by atoms with E-state index < -0.39 is 5.60 Å². The van der Waals surface area contributed by atoms with E-state index in [1.54, 1.807) is 11.5 Å². The van der Waals surface area contributed by atoms with Crippen molar-refractivity contribution >= 4 is 28.6 Å². The number of thiophene rings is 1. The molecule has 2 rings (SSSR count). The maximum absolute atomic E-state index is 11.9. The van der Waals surface area contributed by atoms with E-state index in [0.29, 0.717) is 6.54 Å². The number of hydrogen-bond acceptors (Lipinski definition) is 5. The first-order valence-electron chi connectivity index (χ1n) is 7.00. The van der Waals surface area contributed by atoms with Crippen molar-refractivity contribution in [3.63, 3.8) is 0 Å². The molecule has 2 heterocycles. The van der Waals surface area contributed by atoms with Gasteiger partial charge in [0.15, 0.2) is 0 Å². The summed E-state index contributed by atoms with van der Waals surface area (Å²) in [4.78, 5) is 24.6. The predicted octanol–water partition coefficient (Wildman–Crippen LogP) is 2.00. The molecule has 0 aliphatic rings. The van der Waals surface area contributed by atoms with E-state index in [9.17, 15) is 14.7 Å². The Hall–Kier alpha value is -1.44. The number of aryl methyl sites for hydroxylation is 1. The first-order valence-corrected chi connectivity index (χ1v) is 8.76. The molecule has 5 nitrogen and oxygen atoms in total. The molecule has 7 heteroatoms. The van der Waals surface area contributed by atoms with Gasteiger partial charge in [0.2, 0.25) is 5.91 Å². The zero-order valence-corrected chi connectivity index (χ0v) is 14.5. The Bertz CT molecular complexity index is 699. The molecule has 120 valence electrons. The second kappa shape index (κ2) is 6.76. The fourth-order valence-corrected chi connectivity index (χ4v) is 3.73. The average Bonchev–Trinajstić information content (AvgIpc) is 3.06. The molecule has 0 aromatic carbocycles. The van der Waals surface area contributed by atoms with Crippen molar-refractivity contribution in [3.8, 4) is 0 Å². The lowest BCUT2D eigenvalue weighted by Crippen LogP contribution is -2.38. The third kappa shape index (κ3) is 3.85. The van der Waals surface area contributed by atoms with E-state index in [1.165, 1.54) is 22.7 Å². The Morgan fingerprint density at radius 2 is 2.18 bits per heavy atom. The molecule has 2 N–H and O–H groups in total. The van der Waals surface area contributed by atoms with Gasteiger partial charge >= 0.3 is 4.87 Å². The summed E-state index contributed by atoms with van der Waals surface area (Å²) in [6, 6.07) is 1.84. The van der Waals surface area contributed by atoms with Crippen LogP contribution in [-0.4, -0.2) is 22.1 Å². The number of hydrogen-bond donors (Lipinski definition) is 2. The van der Waals surface area contributed by atoms with Crippen molar-refractivity contribution in [1.29, 1.82) is 0 Å². The van der Waals surface area contributed by atoms with Crippen LogP contribution >= 0.6 is 22.7 Å². The molecule has 0 aliphatic heterocycles. The highest BCUT2D eigenvalue weighted by Crippen LogP contribution is 2.22. The van der Waals surface area contributed by atoms with Gasteiger partial charge in [0.05, 0.1) is 6.54 Å². The Morgan fingerprint density at radius 1 is 1.45 bits per heavy atom. The molecule has 22 heavy (non-hydrogen) atoms. The Labute approximate surface area is 137 Å². The fraction of sp³-hybridized carbons (Fsp3) is 0.467. The van der Waals surface area contributed by atoms with Crippen molar-refractivity contribution in [2.75, 3.05) is 6.54 Å². The average molecular weight is 340 g/mol. The van der Waals surface area contributed by atoms with Crippen molar-refractivity contribution in [2.24, 2.45) is 0 Å². The van der Waals surface area contributed by atoms with E-state index in [0.717, 1.165) is 16.1 Å². The molecule has 0 saturated carbocycles. The van der Waals surface area contributed by atoms with Gasteiger partial charge in [-0.05, 0) is 43.2 Å². The first-order chi connectivity index (χ1) is 10.3. The van der Waals surface area contributed by atoms with Crippen LogP contribution in [0.25, 0.3) is 0 Å². The maximum Gasteiger partial charge on any atom is 0.307 e. The highest BCUT2D eigenvalue weighted by Gasteiger charge is 2.24. The fourth-order valence-electron chi connectivity index (χ4n) is 2.09. The summed E-state index contributed by atoms with van der Waals surface area (Å²) in [7, 11) is 0. The highest BCUT2D eigenvalue weighted by molar-refractivity contribution is 7.09. The van der Waals surface area contributed by atoms with Crippen LogP contribution in [-0.2, 0) is 16.9 Å². The molecule has 0 fully saturated rings. The minimum atomic E-state index is -1.08. The molecule has 0 radical (unpaired) electrons. The van der Waals surface area contributed by atoms with Crippen molar-refractivity contribution < 1.29 is 9.90 Å². The van der Waals surface area contributed by atoms with E-state index in [1.807, 2.05) is 30.7 Å². The second-order valence-electron chi connectivity index (χ2n) is 5.47. The van der Waals surface area contributed by atoms with Gasteiger partial charge in [-0.15, -0.1) is 0 Å². The summed E-state index contributed by atoms with van der Waals surface area (Å²) in [6.45, 7) is 5.97. The second-order valence-corrected chi connectivity index (χ2v) is 7.42. The largest absolute Gasteiger partial charge is 0.384 e. The molecule has 0 aliphatic carbocycles. The SMILES string of the molecule is Cc1sc(=O)n(CCC(=O)NCC(C)(O)c2ccsc2)c1C. The van der Waals surface area contributed by atoms with Crippen LogP contribution in [0.4, 0.5) is 0 Å². The molecule has 0 bridgehead atoms. The van der Waals surface area contributed by atoms with Crippen LogP contribution in [0.2, 0.25) is 0 Å². The van der Waals surface area contributed by atoms with Gasteiger partial charge in [0.1, 0.15) is 5.60 Å². The van der Waals surface area contributed by atoms with Gasteiger partial charge < -0.3 is 15.0 Å². The van der Waals surface area contributed by atoms with Gasteiger partial charge in [-0.3, -0.25) is 9.59 Å². The van der Waals surface area contributed by atoms with Crippen LogP contribution in [0, 0.1) is 13.8 Å². The zero-order valence-electron chi connectivity index (χ0n) is 12.9. The number of rotatable bonds is 6. The standard InChI is InChI=1S/C15H20N2O3S2/c1-10-11(2)22-14(19)17(10)6-4-13(18)16-9-15(3,20)12-5-7-21-8-12/h5,7-8,20H,4,6,9H2,1-3H3,(H,16,18). The van der Waals surface area contributed by atoms with E-state index in [2.05, 4.69) is 5.32 Å². The zero-order chi connectivity index (χ0) is 16.3. The number of carbonyl (C=O) groups is 1. The van der Waals surface area contributed by atoms with Gasteiger partial charge in [-0.25, -0.2) is 0 Å². The van der Waals surface area contributed by atoms with Gasteiger partial charge in [0.25, 0.3) is 0 Å². The smallest absolute Gasteiger partial charge is 0.307 e. The number of aromatic nitrogens is 1. The third-order valence-corrected chi connectivity index (χ3v) is 5.39. The van der Waals surface area contributed by atoms with Crippen LogP contribution in [0.5, 0.6) is 0 Å². The number of nitrogens with one attached hydrogen (secondary N) is 1. The lowest BCUT2D eigenvalue weighted by atomic mass is 9.99. The normalized spacial score (nSPS) is 13.8. The van der Waals surface area contributed by atoms with Gasteiger partial charge in [0, 0.05) is 23.5 Å². The minimum absolute atomic E-state index is 0.0342. The summed E-state index contributed by atoms with van der Waals surface area (Å²) in [5, 5.41) is 16.8. The Balaban J connectivity index is 1.87. The van der Waals surface area contributed by atoms with Gasteiger partial charge in [-0.2, -0.15) is 11.3 Å². The molecule has 2 aromatic rings. The molecule has 0 spiro atoms. The number of carbonyl (C=O) groups excluding carboxylic acids is 1. The molecular formula is C15H20N2O3S2. The van der Waals surface area contributed by atoms with E-state index in [4.69, 9.17) is 0 Å². The maximum atomic E-state index is 11.9. The first kappa shape index (κ1) is 16.9. The molecule has 2 aromatic heterocycles. The van der Waals surface area contributed by atoms with Crippen molar-refractivity contribution in [1.82, 2.24) is 9.88 Å². The lowest BCUT2D eigenvalue weighted by molar-refractivity contribution is -0.122. The highest BCUT2D eigenvalue weighted by atomic mass is 32.1. The number of thiazole rings is 1. The predicted molar refractivity (Wildman–Crippen MR) is 89.6 cm³/mol. The number of aliphatic hydroxyl groups is 1. The Kier molecular flexibility index (Phi) is 5.20. The Morgan fingerprint density at radius 3 is 2.73 bits per heavy atom. The number of nitrogens with zero attached hydrogens (tertiary/aromatic N) is 1. The molecule has 0 saturated heterocycles. The summed E-state index contributed by atoms with van der Waals surface area (Å²) in [5.41, 5.74) is 0.618. The van der Waals surface area contributed by atoms with Gasteiger partial charge in [-0.1, -0.05) is 11.3 Å². The molecule has 1 unspecified atom stereocenters. The summed E-state index contributed by atoms with van der Waals surface area (Å²) in [6.07, 6.45) is 0.219. The van der Waals surface area contributed by atoms with Crippen LogP contribution in [0.15, 0.2) is 21.6 Å². The van der Waals surface area contributed by atoms with Crippen molar-refractivity contribution in [2.45, 2.75) is 39.3 Å². The quantitative estimate of drug-likeness (QED) is 0.845. The van der Waals surface area contributed by atoms with Crippen LogP contribution in [0.3, 0.4) is 0 Å². The van der Waals surface area contributed by atoms with Crippen LogP contribution in [0.1, 0.15) is 29.5 Å². The summed E-state index contributed by atoms with van der Waals surface area (Å²) >= 11 is 2.70. The minimum Gasteiger partial charge on any atom is -0.384 e. The van der Waals surface area contributed by atoms with E-state index >= 15 is 0 Å². The third-order valence-electron chi connectivity index (χ3n) is 3.71. The molecule has 1 atom stereocenters. The summed E-state index contributed by atoms with van der Waals surface area (Å²) in [5.74, 6) is -0.175. The lowest BCUT2D eigenvalue weighted by Gasteiger charge is -2.22. The topological polar surface area (TPSA) is 71.3 Å². The molecular weight excluding hydrogens is 320 g/mol. The monoisotopic (exact) mass is 340 g/mol. The summed E-state index contributed by atoms with van der Waals surface area (Å²) < 4.78 is 1.62. The number of amides is 1. The van der Waals surface area contributed by atoms with E-state index in [-0.39, 0.29) is 23.7 Å².